The summed E-state index contributed by atoms with van der Waals surface area (Å²) in [5.74, 6) is 0.781. The second kappa shape index (κ2) is 6.62. The van der Waals surface area contributed by atoms with E-state index in [1.165, 1.54) is 12.8 Å². The number of hydrogen-bond acceptors (Lipinski definition) is 2. The summed E-state index contributed by atoms with van der Waals surface area (Å²) in [6, 6.07) is 0.335. The molecule has 2 atom stereocenters. The van der Waals surface area contributed by atoms with E-state index in [2.05, 4.69) is 19.2 Å². The van der Waals surface area contributed by atoms with Crippen LogP contribution in [0.2, 0.25) is 0 Å². The third-order valence-electron chi connectivity index (χ3n) is 1.95. The van der Waals surface area contributed by atoms with Crippen LogP contribution in [-0.2, 0) is 0 Å². The molecule has 0 radical (unpaired) electrons. The Kier molecular flexibility index (Phi) is 6.57. The zero-order chi connectivity index (χ0) is 8.69. The molecule has 2 heteroatoms. The monoisotopic (exact) mass is 158 g/mol. The molecule has 0 amide bonds. The molecule has 0 spiro atoms. The van der Waals surface area contributed by atoms with Crippen LogP contribution in [0.25, 0.3) is 0 Å². The van der Waals surface area contributed by atoms with Crippen molar-refractivity contribution in [2.24, 2.45) is 11.7 Å². The average Bonchev–Trinajstić information content (AvgIpc) is 1.87. The summed E-state index contributed by atoms with van der Waals surface area (Å²) in [4.78, 5) is 0. The second-order valence-corrected chi connectivity index (χ2v) is 3.45. The lowest BCUT2D eigenvalue weighted by atomic mass is 9.98. The maximum Gasteiger partial charge on any atom is 0.0167 e. The predicted octanol–water partition coefficient (Wildman–Crippen LogP) is 1.36. The van der Waals surface area contributed by atoms with E-state index in [9.17, 15) is 0 Å². The molecule has 0 aromatic rings. The van der Waals surface area contributed by atoms with Crippen molar-refractivity contribution in [3.8, 4) is 0 Å². The molecule has 0 fully saturated rings. The third-order valence-corrected chi connectivity index (χ3v) is 1.95. The van der Waals surface area contributed by atoms with E-state index in [-0.39, 0.29) is 0 Å². The Morgan fingerprint density at radius 3 is 2.55 bits per heavy atom. The quantitative estimate of drug-likeness (QED) is 0.612. The molecule has 2 unspecified atom stereocenters. The van der Waals surface area contributed by atoms with E-state index in [1.807, 2.05) is 7.05 Å². The first-order chi connectivity index (χ1) is 5.20. The Morgan fingerprint density at radius 2 is 2.09 bits per heavy atom. The van der Waals surface area contributed by atoms with Crippen LogP contribution in [0.5, 0.6) is 0 Å². The van der Waals surface area contributed by atoms with Crippen LogP contribution in [0.15, 0.2) is 0 Å². The first-order valence-electron chi connectivity index (χ1n) is 4.60. The van der Waals surface area contributed by atoms with E-state index < -0.39 is 0 Å². The molecule has 0 aliphatic carbocycles. The zero-order valence-corrected chi connectivity index (χ0v) is 8.06. The van der Waals surface area contributed by atoms with E-state index in [1.54, 1.807) is 0 Å². The second-order valence-electron chi connectivity index (χ2n) is 3.45. The van der Waals surface area contributed by atoms with Gasteiger partial charge in [-0.05, 0) is 19.4 Å². The first kappa shape index (κ1) is 10.9. The van der Waals surface area contributed by atoms with Crippen molar-refractivity contribution in [2.45, 2.75) is 39.2 Å². The maximum atomic E-state index is 5.85. The van der Waals surface area contributed by atoms with Gasteiger partial charge in [-0.15, -0.1) is 0 Å². The Hall–Kier alpha value is -0.0800. The fraction of sp³-hybridized carbons (Fsp3) is 1.00. The van der Waals surface area contributed by atoms with Crippen LogP contribution in [-0.4, -0.2) is 19.6 Å². The molecular weight excluding hydrogens is 136 g/mol. The standard InChI is InChI=1S/C9H22N2/c1-4-5-8(2)6-9(10)7-11-3/h8-9,11H,4-7,10H2,1-3H3. The molecule has 2 nitrogen and oxygen atoms in total. The predicted molar refractivity (Wildman–Crippen MR) is 50.6 cm³/mol. The normalized spacial score (nSPS) is 16.4. The largest absolute Gasteiger partial charge is 0.327 e. The Balaban J connectivity index is 3.32. The molecule has 0 aromatic heterocycles. The van der Waals surface area contributed by atoms with Crippen molar-refractivity contribution in [1.82, 2.24) is 5.32 Å². The SMILES string of the molecule is CCCC(C)CC(N)CNC. The molecule has 0 aliphatic rings. The molecule has 0 bridgehead atoms. The molecule has 0 aliphatic heterocycles. The Labute approximate surface area is 70.5 Å². The van der Waals surface area contributed by atoms with Gasteiger partial charge in [0, 0.05) is 12.6 Å². The highest BCUT2D eigenvalue weighted by molar-refractivity contribution is 4.66. The van der Waals surface area contributed by atoms with Gasteiger partial charge in [-0.1, -0.05) is 26.7 Å². The van der Waals surface area contributed by atoms with Gasteiger partial charge in [0.05, 0.1) is 0 Å². The number of rotatable bonds is 6. The summed E-state index contributed by atoms with van der Waals surface area (Å²) in [7, 11) is 1.95. The van der Waals surface area contributed by atoms with Crippen molar-refractivity contribution in [3.05, 3.63) is 0 Å². The van der Waals surface area contributed by atoms with Crippen molar-refractivity contribution in [2.75, 3.05) is 13.6 Å². The van der Waals surface area contributed by atoms with Crippen LogP contribution < -0.4 is 11.1 Å². The molecule has 68 valence electrons. The average molecular weight is 158 g/mol. The topological polar surface area (TPSA) is 38.0 Å². The van der Waals surface area contributed by atoms with Crippen LogP contribution >= 0.6 is 0 Å². The highest BCUT2D eigenvalue weighted by Crippen LogP contribution is 2.10. The highest BCUT2D eigenvalue weighted by atomic mass is 14.9. The van der Waals surface area contributed by atoms with Gasteiger partial charge in [0.25, 0.3) is 0 Å². The van der Waals surface area contributed by atoms with E-state index in [0.717, 1.165) is 18.9 Å². The number of likely N-dealkylation sites (N-methyl/N-ethyl adjacent to an activating group) is 1. The van der Waals surface area contributed by atoms with Gasteiger partial charge < -0.3 is 11.1 Å². The summed E-state index contributed by atoms with van der Waals surface area (Å²) in [6.45, 7) is 5.44. The van der Waals surface area contributed by atoms with Gasteiger partial charge in [-0.2, -0.15) is 0 Å². The summed E-state index contributed by atoms with van der Waals surface area (Å²) in [5.41, 5.74) is 5.85. The van der Waals surface area contributed by atoms with Crippen molar-refractivity contribution < 1.29 is 0 Å². The lowest BCUT2D eigenvalue weighted by Crippen LogP contribution is -2.33. The molecule has 0 heterocycles. The minimum atomic E-state index is 0.335. The van der Waals surface area contributed by atoms with Crippen LogP contribution in [0.1, 0.15) is 33.1 Å². The highest BCUT2D eigenvalue weighted by Gasteiger charge is 2.06. The van der Waals surface area contributed by atoms with Crippen molar-refractivity contribution in [1.29, 1.82) is 0 Å². The fourth-order valence-electron chi connectivity index (χ4n) is 1.47. The zero-order valence-electron chi connectivity index (χ0n) is 8.06. The minimum absolute atomic E-state index is 0.335. The lowest BCUT2D eigenvalue weighted by molar-refractivity contribution is 0.425. The van der Waals surface area contributed by atoms with E-state index in [4.69, 9.17) is 5.73 Å². The molecule has 0 aromatic carbocycles. The minimum Gasteiger partial charge on any atom is -0.327 e. The van der Waals surface area contributed by atoms with Gasteiger partial charge in [-0.3, -0.25) is 0 Å². The van der Waals surface area contributed by atoms with E-state index in [0.29, 0.717) is 6.04 Å². The Bertz CT molecular complexity index is 73.6. The fourth-order valence-corrected chi connectivity index (χ4v) is 1.47. The van der Waals surface area contributed by atoms with Gasteiger partial charge in [0.15, 0.2) is 0 Å². The summed E-state index contributed by atoms with van der Waals surface area (Å²) >= 11 is 0. The smallest absolute Gasteiger partial charge is 0.0167 e. The molecule has 0 saturated heterocycles. The van der Waals surface area contributed by atoms with Gasteiger partial charge in [0.2, 0.25) is 0 Å². The first-order valence-corrected chi connectivity index (χ1v) is 4.60. The number of nitrogens with one attached hydrogen (secondary N) is 1. The van der Waals surface area contributed by atoms with Gasteiger partial charge in [0.1, 0.15) is 0 Å². The van der Waals surface area contributed by atoms with Crippen molar-refractivity contribution in [3.63, 3.8) is 0 Å². The van der Waals surface area contributed by atoms with Gasteiger partial charge in [-0.25, -0.2) is 0 Å². The molecule has 0 saturated carbocycles. The summed E-state index contributed by atoms with van der Waals surface area (Å²) in [5, 5.41) is 3.09. The molecule has 0 rings (SSSR count). The van der Waals surface area contributed by atoms with Crippen LogP contribution in [0.3, 0.4) is 0 Å². The number of hydrogen-bond donors (Lipinski definition) is 2. The number of nitrogens with two attached hydrogens (primary N) is 1. The van der Waals surface area contributed by atoms with Crippen molar-refractivity contribution >= 4 is 0 Å². The third kappa shape index (κ3) is 6.32. The molecular formula is C9H22N2. The maximum absolute atomic E-state index is 5.85. The molecule has 11 heavy (non-hydrogen) atoms. The van der Waals surface area contributed by atoms with E-state index >= 15 is 0 Å². The Morgan fingerprint density at radius 1 is 1.45 bits per heavy atom. The lowest BCUT2D eigenvalue weighted by Gasteiger charge is -2.15. The van der Waals surface area contributed by atoms with Gasteiger partial charge >= 0.3 is 0 Å². The summed E-state index contributed by atoms with van der Waals surface area (Å²) < 4.78 is 0. The summed E-state index contributed by atoms with van der Waals surface area (Å²) in [6.07, 6.45) is 3.72. The molecule has 3 N–H and O–H groups in total. The van der Waals surface area contributed by atoms with Crippen LogP contribution in [0, 0.1) is 5.92 Å². The van der Waals surface area contributed by atoms with Crippen LogP contribution in [0.4, 0.5) is 0 Å².